The Bertz CT molecular complexity index is 327. The average molecular weight is 425 g/mol. The summed E-state index contributed by atoms with van der Waals surface area (Å²) in [6, 6.07) is 0. The third kappa shape index (κ3) is 19.3. The van der Waals surface area contributed by atoms with Crippen molar-refractivity contribution in [2.45, 2.75) is 157 Å². The van der Waals surface area contributed by atoms with Gasteiger partial charge >= 0.3 is 0 Å². The Hall–Kier alpha value is -0.660. The smallest absolute Gasteiger partial charge is 0.139 e. The number of carbonyl (C=O) groups is 2. The van der Waals surface area contributed by atoms with Crippen molar-refractivity contribution in [2.75, 3.05) is 0 Å². The van der Waals surface area contributed by atoms with Crippen molar-refractivity contribution < 1.29 is 9.59 Å². The SMILES string of the molecule is CCCCC(=O)CCCC.CCCCC(CCCC)C(=O)C(CCCC)CCCC. The maximum atomic E-state index is 12.9. The maximum Gasteiger partial charge on any atom is 0.139 e. The number of hydrogen-bond acceptors (Lipinski definition) is 2. The Morgan fingerprint density at radius 3 is 0.967 bits per heavy atom. The van der Waals surface area contributed by atoms with E-state index in [9.17, 15) is 9.59 Å². The first kappa shape index (κ1) is 31.5. The van der Waals surface area contributed by atoms with Crippen LogP contribution < -0.4 is 0 Å². The second kappa shape index (κ2) is 24.6. The van der Waals surface area contributed by atoms with Crippen molar-refractivity contribution in [2.24, 2.45) is 11.8 Å². The number of rotatable bonds is 20. The number of ketones is 2. The zero-order chi connectivity index (χ0) is 23.0. The van der Waals surface area contributed by atoms with E-state index in [0.717, 1.165) is 64.2 Å². The molecule has 0 amide bonds. The quantitative estimate of drug-likeness (QED) is 0.195. The van der Waals surface area contributed by atoms with Gasteiger partial charge in [0.1, 0.15) is 11.6 Å². The van der Waals surface area contributed by atoms with Crippen molar-refractivity contribution in [3.8, 4) is 0 Å². The van der Waals surface area contributed by atoms with Crippen LogP contribution in [0.2, 0.25) is 0 Å². The zero-order valence-corrected chi connectivity index (χ0v) is 21.7. The van der Waals surface area contributed by atoms with E-state index in [4.69, 9.17) is 0 Å². The lowest BCUT2D eigenvalue weighted by Gasteiger charge is -2.22. The molecule has 180 valence electrons. The highest BCUT2D eigenvalue weighted by Gasteiger charge is 2.25. The van der Waals surface area contributed by atoms with E-state index in [-0.39, 0.29) is 0 Å². The third-order valence-corrected chi connectivity index (χ3v) is 6.05. The molecule has 0 spiro atoms. The minimum atomic E-state index is 0.355. The standard InChI is InChI=1S/C19H38O.C9H18O/c1-5-9-13-17(14-10-6-2)19(20)18(15-11-7-3)16-12-8-4;1-3-5-7-9(10)8-6-4-2/h17-18H,5-16H2,1-4H3;3-8H2,1-2H3. The summed E-state index contributed by atoms with van der Waals surface area (Å²) in [6.45, 7) is 13.2. The maximum absolute atomic E-state index is 12.9. The highest BCUT2D eigenvalue weighted by Crippen LogP contribution is 2.26. The van der Waals surface area contributed by atoms with E-state index < -0.39 is 0 Å². The summed E-state index contributed by atoms with van der Waals surface area (Å²) < 4.78 is 0. The van der Waals surface area contributed by atoms with Gasteiger partial charge in [0, 0.05) is 24.7 Å². The minimum absolute atomic E-state index is 0.355. The van der Waals surface area contributed by atoms with Gasteiger partial charge in [-0.3, -0.25) is 9.59 Å². The summed E-state index contributed by atoms with van der Waals surface area (Å²) in [5.41, 5.74) is 0. The van der Waals surface area contributed by atoms with E-state index in [0.29, 0.717) is 23.4 Å². The number of hydrogen-bond donors (Lipinski definition) is 0. The van der Waals surface area contributed by atoms with Crippen LogP contribution in [0.4, 0.5) is 0 Å². The molecule has 0 saturated carbocycles. The number of unbranched alkanes of at least 4 members (excludes halogenated alkanes) is 6. The predicted molar refractivity (Wildman–Crippen MR) is 134 cm³/mol. The van der Waals surface area contributed by atoms with Gasteiger partial charge in [0.25, 0.3) is 0 Å². The molecule has 0 rings (SSSR count). The van der Waals surface area contributed by atoms with Crippen LogP contribution >= 0.6 is 0 Å². The van der Waals surface area contributed by atoms with Crippen molar-refractivity contribution >= 4 is 11.6 Å². The summed E-state index contributed by atoms with van der Waals surface area (Å²) in [4.78, 5) is 23.8. The molecule has 0 aromatic rings. The van der Waals surface area contributed by atoms with Crippen LogP contribution in [0.3, 0.4) is 0 Å². The molecule has 30 heavy (non-hydrogen) atoms. The van der Waals surface area contributed by atoms with Crippen molar-refractivity contribution in [1.82, 2.24) is 0 Å². The second-order valence-corrected chi connectivity index (χ2v) is 9.11. The first-order chi connectivity index (χ1) is 14.5. The van der Waals surface area contributed by atoms with E-state index in [2.05, 4.69) is 41.5 Å². The molecule has 0 aliphatic carbocycles. The first-order valence-electron chi connectivity index (χ1n) is 13.6. The molecule has 0 aliphatic heterocycles. The van der Waals surface area contributed by atoms with Crippen molar-refractivity contribution in [3.63, 3.8) is 0 Å². The molecule has 0 aromatic carbocycles. The Balaban J connectivity index is 0. The molecule has 0 aromatic heterocycles. The molecule has 0 heterocycles. The van der Waals surface area contributed by atoms with Crippen LogP contribution in [0.1, 0.15) is 157 Å². The lowest BCUT2D eigenvalue weighted by Crippen LogP contribution is -2.24. The van der Waals surface area contributed by atoms with Gasteiger partial charge in [0.15, 0.2) is 0 Å². The van der Waals surface area contributed by atoms with Crippen LogP contribution in [0.5, 0.6) is 0 Å². The third-order valence-electron chi connectivity index (χ3n) is 6.05. The highest BCUT2D eigenvalue weighted by atomic mass is 16.1. The van der Waals surface area contributed by atoms with Gasteiger partial charge in [-0.1, -0.05) is 106 Å². The normalized spacial score (nSPS) is 10.9. The van der Waals surface area contributed by atoms with Gasteiger partial charge in [0.2, 0.25) is 0 Å². The van der Waals surface area contributed by atoms with Crippen LogP contribution in [0, 0.1) is 11.8 Å². The topological polar surface area (TPSA) is 34.1 Å². The van der Waals surface area contributed by atoms with Crippen molar-refractivity contribution in [1.29, 1.82) is 0 Å². The van der Waals surface area contributed by atoms with Crippen LogP contribution in [0.15, 0.2) is 0 Å². The molecule has 0 bridgehead atoms. The molecule has 2 nitrogen and oxygen atoms in total. The number of Topliss-reactive ketones (excluding diaryl/α,β-unsaturated/α-hetero) is 2. The molecule has 0 saturated heterocycles. The van der Waals surface area contributed by atoms with E-state index in [1.165, 1.54) is 51.4 Å². The summed E-state index contributed by atoms with van der Waals surface area (Å²) in [5.74, 6) is 1.76. The van der Waals surface area contributed by atoms with Gasteiger partial charge < -0.3 is 0 Å². The minimum Gasteiger partial charge on any atom is -0.300 e. The molecule has 0 atom stereocenters. The molecular weight excluding hydrogens is 368 g/mol. The average Bonchev–Trinajstić information content (AvgIpc) is 2.76. The summed E-state index contributed by atoms with van der Waals surface area (Å²) in [6.07, 6.45) is 20.3. The fourth-order valence-corrected chi connectivity index (χ4v) is 3.87. The number of carbonyl (C=O) groups excluding carboxylic acids is 2. The van der Waals surface area contributed by atoms with Crippen LogP contribution in [-0.4, -0.2) is 11.6 Å². The molecule has 0 fully saturated rings. The monoisotopic (exact) mass is 424 g/mol. The highest BCUT2D eigenvalue weighted by molar-refractivity contribution is 5.83. The molecule has 0 aliphatic rings. The largest absolute Gasteiger partial charge is 0.300 e. The molecule has 0 unspecified atom stereocenters. The Morgan fingerprint density at radius 2 is 0.733 bits per heavy atom. The molecule has 2 heteroatoms. The van der Waals surface area contributed by atoms with Crippen molar-refractivity contribution in [3.05, 3.63) is 0 Å². The van der Waals surface area contributed by atoms with Gasteiger partial charge in [-0.25, -0.2) is 0 Å². The van der Waals surface area contributed by atoms with Gasteiger partial charge in [-0.05, 0) is 38.5 Å². The molecule has 0 N–H and O–H groups in total. The predicted octanol–water partition coefficient (Wildman–Crippen LogP) is 9.48. The van der Waals surface area contributed by atoms with Crippen LogP contribution in [-0.2, 0) is 9.59 Å². The Labute approximate surface area is 190 Å². The summed E-state index contributed by atoms with van der Waals surface area (Å²) in [5, 5.41) is 0. The summed E-state index contributed by atoms with van der Waals surface area (Å²) >= 11 is 0. The van der Waals surface area contributed by atoms with Gasteiger partial charge in [0.05, 0.1) is 0 Å². The van der Waals surface area contributed by atoms with Crippen LogP contribution in [0.25, 0.3) is 0 Å². The zero-order valence-electron chi connectivity index (χ0n) is 21.7. The molecule has 0 radical (unpaired) electrons. The Morgan fingerprint density at radius 1 is 0.467 bits per heavy atom. The second-order valence-electron chi connectivity index (χ2n) is 9.11. The summed E-state index contributed by atoms with van der Waals surface area (Å²) in [7, 11) is 0. The van der Waals surface area contributed by atoms with E-state index in [1.807, 2.05) is 0 Å². The lowest BCUT2D eigenvalue weighted by atomic mass is 9.81. The fourth-order valence-electron chi connectivity index (χ4n) is 3.87. The first-order valence-corrected chi connectivity index (χ1v) is 13.6. The van der Waals surface area contributed by atoms with Gasteiger partial charge in [-0.2, -0.15) is 0 Å². The molecular formula is C28H56O2. The fraction of sp³-hybridized carbons (Fsp3) is 0.929. The van der Waals surface area contributed by atoms with E-state index >= 15 is 0 Å². The van der Waals surface area contributed by atoms with E-state index in [1.54, 1.807) is 0 Å². The Kier molecular flexibility index (Phi) is 25.9. The van der Waals surface area contributed by atoms with Gasteiger partial charge in [-0.15, -0.1) is 0 Å². The lowest BCUT2D eigenvalue weighted by molar-refractivity contribution is -0.128.